The number of unbranched alkanes of at least 4 members (excludes halogenated alkanes) is 1. The summed E-state index contributed by atoms with van der Waals surface area (Å²) in [6, 6.07) is 10.1. The first-order chi connectivity index (χ1) is 18.2. The molecule has 38 heavy (non-hydrogen) atoms. The molecule has 0 unspecified atom stereocenters. The second-order valence-electron chi connectivity index (χ2n) is 10.2. The van der Waals surface area contributed by atoms with Crippen molar-refractivity contribution in [3.05, 3.63) is 58.7 Å². The molecule has 204 valence electrons. The van der Waals surface area contributed by atoms with Crippen LogP contribution in [0.3, 0.4) is 0 Å². The van der Waals surface area contributed by atoms with Gasteiger partial charge in [-0.3, -0.25) is 9.59 Å². The van der Waals surface area contributed by atoms with Crippen LogP contribution in [-0.2, 0) is 16.0 Å². The van der Waals surface area contributed by atoms with E-state index in [2.05, 4.69) is 6.92 Å². The van der Waals surface area contributed by atoms with Crippen LogP contribution in [0.25, 0.3) is 5.76 Å². The summed E-state index contributed by atoms with van der Waals surface area (Å²) in [4.78, 5) is 30.3. The highest BCUT2D eigenvalue weighted by atomic mass is 16.5. The maximum atomic E-state index is 13.4. The van der Waals surface area contributed by atoms with Crippen molar-refractivity contribution in [2.45, 2.75) is 51.7 Å². The Morgan fingerprint density at radius 2 is 1.92 bits per heavy atom. The lowest BCUT2D eigenvalue weighted by atomic mass is 9.94. The van der Waals surface area contributed by atoms with Gasteiger partial charge in [0.2, 0.25) is 0 Å². The van der Waals surface area contributed by atoms with Crippen molar-refractivity contribution in [1.29, 1.82) is 0 Å². The Morgan fingerprint density at radius 3 is 2.63 bits per heavy atom. The van der Waals surface area contributed by atoms with Crippen molar-refractivity contribution in [2.75, 3.05) is 40.9 Å². The van der Waals surface area contributed by atoms with Gasteiger partial charge in [-0.05, 0) is 81.9 Å². The van der Waals surface area contributed by atoms with Crippen molar-refractivity contribution in [1.82, 2.24) is 9.80 Å². The highest BCUT2D eigenvalue weighted by Crippen LogP contribution is 2.43. The van der Waals surface area contributed by atoms with Crippen LogP contribution < -0.4 is 14.2 Å². The summed E-state index contributed by atoms with van der Waals surface area (Å²) in [6.07, 6.45) is 3.38. The first-order valence-corrected chi connectivity index (χ1v) is 13.3. The molecule has 2 atom stereocenters. The lowest BCUT2D eigenvalue weighted by Crippen LogP contribution is -2.32. The molecule has 2 aromatic rings. The number of carbonyl (C=O) groups is 2. The average Bonchev–Trinajstić information content (AvgIpc) is 3.39. The van der Waals surface area contributed by atoms with Crippen molar-refractivity contribution < 1.29 is 28.9 Å². The molecule has 1 N–H and O–H groups in total. The molecule has 1 saturated heterocycles. The Hall–Kier alpha value is -3.52. The van der Waals surface area contributed by atoms with Crippen molar-refractivity contribution >= 4 is 17.4 Å². The average molecular weight is 523 g/mol. The van der Waals surface area contributed by atoms with Crippen LogP contribution in [0.15, 0.2) is 42.0 Å². The van der Waals surface area contributed by atoms with Gasteiger partial charge >= 0.3 is 0 Å². The Morgan fingerprint density at radius 1 is 1.13 bits per heavy atom. The van der Waals surface area contributed by atoms with E-state index in [-0.39, 0.29) is 17.4 Å². The zero-order valence-corrected chi connectivity index (χ0v) is 23.0. The maximum Gasteiger partial charge on any atom is 0.295 e. The highest BCUT2D eigenvalue weighted by Gasteiger charge is 2.46. The zero-order valence-electron chi connectivity index (χ0n) is 23.0. The van der Waals surface area contributed by atoms with Gasteiger partial charge in [0.15, 0.2) is 11.5 Å². The number of hydrogen-bond donors (Lipinski definition) is 1. The molecule has 4 rings (SSSR count). The topological polar surface area (TPSA) is 88.5 Å². The Bertz CT molecular complexity index is 1220. The highest BCUT2D eigenvalue weighted by molar-refractivity contribution is 6.46. The van der Waals surface area contributed by atoms with Gasteiger partial charge in [-0.15, -0.1) is 0 Å². The molecule has 2 heterocycles. The first kappa shape index (κ1) is 27.5. The minimum atomic E-state index is -0.751. The number of aliphatic hydroxyl groups is 1. The van der Waals surface area contributed by atoms with Crippen LogP contribution in [0.1, 0.15) is 55.8 Å². The smallest absolute Gasteiger partial charge is 0.295 e. The van der Waals surface area contributed by atoms with Crippen molar-refractivity contribution in [2.24, 2.45) is 0 Å². The van der Waals surface area contributed by atoms with E-state index in [1.807, 2.05) is 44.1 Å². The Balaban J connectivity index is 1.77. The molecule has 2 aromatic carbocycles. The molecule has 2 aliphatic rings. The number of ether oxygens (including phenoxy) is 3. The largest absolute Gasteiger partial charge is 0.507 e. The molecule has 8 nitrogen and oxygen atoms in total. The number of hydrogen-bond acceptors (Lipinski definition) is 7. The number of fused-ring (bicyclic) bond motifs is 1. The van der Waals surface area contributed by atoms with Gasteiger partial charge in [-0.2, -0.15) is 0 Å². The fraction of sp³-hybridized carbons (Fsp3) is 0.467. The third-order valence-corrected chi connectivity index (χ3v) is 6.97. The van der Waals surface area contributed by atoms with E-state index >= 15 is 0 Å². The third kappa shape index (κ3) is 5.65. The van der Waals surface area contributed by atoms with E-state index in [1.54, 1.807) is 30.2 Å². The van der Waals surface area contributed by atoms with Gasteiger partial charge in [-0.25, -0.2) is 0 Å². The van der Waals surface area contributed by atoms with E-state index in [0.29, 0.717) is 42.2 Å². The van der Waals surface area contributed by atoms with Crippen LogP contribution >= 0.6 is 0 Å². The van der Waals surface area contributed by atoms with E-state index < -0.39 is 17.7 Å². The standard InChI is InChI=1S/C30H38N2O6/c1-6-7-15-37-24-12-9-20(18-25(24)36-5)27-26(29(34)30(35)32(27)14-8-13-31(3)4)28(33)21-10-11-23-22(17-21)16-19(2)38-23/h9-12,17-19,27,33H,6-8,13-16H2,1-5H3/t19-,27-/m1/s1. The number of carbonyl (C=O) groups excluding carboxylic acids is 2. The lowest BCUT2D eigenvalue weighted by Gasteiger charge is -2.26. The lowest BCUT2D eigenvalue weighted by molar-refractivity contribution is -0.139. The van der Waals surface area contributed by atoms with E-state index in [0.717, 1.165) is 37.1 Å². The molecule has 1 fully saturated rings. The number of Topliss-reactive ketones (excluding diaryl/α,β-unsaturated/α-hetero) is 1. The number of methoxy groups -OCH3 is 1. The van der Waals surface area contributed by atoms with Crippen molar-refractivity contribution in [3.8, 4) is 17.2 Å². The van der Waals surface area contributed by atoms with Crippen LogP contribution in [-0.4, -0.2) is 73.6 Å². The fourth-order valence-corrected chi connectivity index (χ4v) is 5.04. The second-order valence-corrected chi connectivity index (χ2v) is 10.2. The summed E-state index contributed by atoms with van der Waals surface area (Å²) >= 11 is 0. The molecule has 0 aliphatic carbocycles. The first-order valence-electron chi connectivity index (χ1n) is 13.3. The third-order valence-electron chi connectivity index (χ3n) is 6.97. The predicted octanol–water partition coefficient (Wildman–Crippen LogP) is 4.57. The number of nitrogens with zero attached hydrogens (tertiary/aromatic N) is 2. The number of rotatable bonds is 11. The van der Waals surface area contributed by atoms with Crippen LogP contribution in [0.2, 0.25) is 0 Å². The number of amides is 1. The number of aliphatic hydroxyl groups excluding tert-OH is 1. The van der Waals surface area contributed by atoms with Gasteiger partial charge in [-0.1, -0.05) is 19.4 Å². The van der Waals surface area contributed by atoms with Gasteiger partial charge in [0.05, 0.1) is 25.3 Å². The fourth-order valence-electron chi connectivity index (χ4n) is 5.04. The second kappa shape index (κ2) is 11.9. The van der Waals surface area contributed by atoms with E-state index in [1.165, 1.54) is 0 Å². The number of ketones is 1. The minimum absolute atomic E-state index is 0.0511. The summed E-state index contributed by atoms with van der Waals surface area (Å²) in [5.74, 6) is 0.398. The maximum absolute atomic E-state index is 13.4. The summed E-state index contributed by atoms with van der Waals surface area (Å²) < 4.78 is 17.3. The molecule has 0 saturated carbocycles. The van der Waals surface area contributed by atoms with Gasteiger partial charge in [0, 0.05) is 18.5 Å². The number of likely N-dealkylation sites (tertiary alicyclic amines) is 1. The predicted molar refractivity (Wildman–Crippen MR) is 146 cm³/mol. The molecule has 1 amide bonds. The minimum Gasteiger partial charge on any atom is -0.507 e. The van der Waals surface area contributed by atoms with Crippen molar-refractivity contribution in [3.63, 3.8) is 0 Å². The van der Waals surface area contributed by atoms with Gasteiger partial charge in [0.1, 0.15) is 17.6 Å². The monoisotopic (exact) mass is 522 g/mol. The van der Waals surface area contributed by atoms with Crippen LogP contribution in [0.4, 0.5) is 0 Å². The zero-order chi connectivity index (χ0) is 27.4. The Labute approximate surface area is 224 Å². The quantitative estimate of drug-likeness (QED) is 0.200. The molecular formula is C30H38N2O6. The summed E-state index contributed by atoms with van der Waals surface area (Å²) in [7, 11) is 5.49. The molecule has 0 radical (unpaired) electrons. The van der Waals surface area contributed by atoms with Crippen LogP contribution in [0, 0.1) is 0 Å². The summed E-state index contributed by atoms with van der Waals surface area (Å²) in [5, 5.41) is 11.5. The van der Waals surface area contributed by atoms with Gasteiger partial charge in [0.25, 0.3) is 11.7 Å². The molecule has 0 aromatic heterocycles. The van der Waals surface area contributed by atoms with Crippen LogP contribution in [0.5, 0.6) is 17.2 Å². The van der Waals surface area contributed by atoms with E-state index in [4.69, 9.17) is 14.2 Å². The number of benzene rings is 2. The Kier molecular flexibility index (Phi) is 8.62. The summed E-state index contributed by atoms with van der Waals surface area (Å²) in [6.45, 7) is 5.78. The molecule has 0 spiro atoms. The SMILES string of the molecule is CCCCOc1ccc([C@@H]2C(=C(O)c3ccc4c(c3)C[C@@H](C)O4)C(=O)C(=O)N2CCCN(C)C)cc1OC. The normalized spacial score (nSPS) is 20.1. The van der Waals surface area contributed by atoms with E-state index in [9.17, 15) is 14.7 Å². The summed E-state index contributed by atoms with van der Waals surface area (Å²) in [5.41, 5.74) is 2.21. The molecule has 0 bridgehead atoms. The molecule has 2 aliphatic heterocycles. The molecule has 8 heteroatoms. The molecular weight excluding hydrogens is 484 g/mol. The van der Waals surface area contributed by atoms with Gasteiger partial charge < -0.3 is 29.1 Å².